The molecule has 24 heavy (non-hydrogen) atoms. The van der Waals surface area contributed by atoms with Crippen LogP contribution in [0.15, 0.2) is 36.4 Å². The molecule has 1 aliphatic heterocycles. The number of amides is 2. The Hall–Kier alpha value is -2.67. The second-order valence-corrected chi connectivity index (χ2v) is 6.36. The molecule has 2 aromatic rings. The van der Waals surface area contributed by atoms with Crippen LogP contribution in [0.2, 0.25) is 0 Å². The van der Waals surface area contributed by atoms with Crippen molar-refractivity contribution >= 4 is 40.5 Å². The summed E-state index contributed by atoms with van der Waals surface area (Å²) in [6.45, 7) is 0.650. The number of ether oxygens (including phenoxy) is 1. The van der Waals surface area contributed by atoms with Gasteiger partial charge in [-0.2, -0.15) is 0 Å². The summed E-state index contributed by atoms with van der Waals surface area (Å²) in [5, 5.41) is 2.82. The molecule has 1 aromatic carbocycles. The van der Waals surface area contributed by atoms with Crippen molar-refractivity contribution < 1.29 is 19.1 Å². The highest BCUT2D eigenvalue weighted by atomic mass is 32.1. The van der Waals surface area contributed by atoms with Crippen molar-refractivity contribution in [3.05, 3.63) is 46.2 Å². The topological polar surface area (TPSA) is 75.7 Å². The molecule has 0 aliphatic carbocycles. The van der Waals surface area contributed by atoms with E-state index in [1.807, 2.05) is 12.1 Å². The van der Waals surface area contributed by atoms with Crippen LogP contribution < -0.4 is 10.2 Å². The van der Waals surface area contributed by atoms with E-state index in [0.717, 1.165) is 17.8 Å². The molecule has 0 atom stereocenters. The van der Waals surface area contributed by atoms with Gasteiger partial charge in [0.1, 0.15) is 4.88 Å². The third-order valence-electron chi connectivity index (χ3n) is 3.73. The van der Waals surface area contributed by atoms with Gasteiger partial charge < -0.3 is 15.0 Å². The first kappa shape index (κ1) is 16.2. The van der Waals surface area contributed by atoms with Crippen LogP contribution in [0, 0.1) is 0 Å². The third-order valence-corrected chi connectivity index (χ3v) is 4.80. The van der Waals surface area contributed by atoms with Crippen LogP contribution in [0.5, 0.6) is 0 Å². The summed E-state index contributed by atoms with van der Waals surface area (Å²) < 4.78 is 4.64. The summed E-state index contributed by atoms with van der Waals surface area (Å²) in [7, 11) is 1.30. The Kier molecular flexibility index (Phi) is 4.61. The molecule has 3 rings (SSSR count). The van der Waals surface area contributed by atoms with E-state index >= 15 is 0 Å². The van der Waals surface area contributed by atoms with Gasteiger partial charge in [0.15, 0.2) is 0 Å². The van der Waals surface area contributed by atoms with E-state index in [1.165, 1.54) is 7.11 Å². The van der Waals surface area contributed by atoms with Gasteiger partial charge in [-0.3, -0.25) is 9.59 Å². The van der Waals surface area contributed by atoms with E-state index in [2.05, 4.69) is 10.1 Å². The first-order valence-corrected chi connectivity index (χ1v) is 8.30. The lowest BCUT2D eigenvalue weighted by Crippen LogP contribution is -2.25. The number of para-hydroxylation sites is 2. The molecule has 2 heterocycles. The molecular formula is C17H16N2O4S. The summed E-state index contributed by atoms with van der Waals surface area (Å²) in [5.74, 6) is -0.739. The molecule has 0 spiro atoms. The zero-order valence-electron chi connectivity index (χ0n) is 13.1. The molecule has 6 nitrogen and oxygen atoms in total. The van der Waals surface area contributed by atoms with E-state index in [1.54, 1.807) is 29.2 Å². The average Bonchev–Trinajstić information content (AvgIpc) is 3.24. The number of methoxy groups -OCH3 is 1. The van der Waals surface area contributed by atoms with E-state index in [9.17, 15) is 14.4 Å². The zero-order chi connectivity index (χ0) is 17.1. The lowest BCUT2D eigenvalue weighted by molar-refractivity contribution is -0.117. The lowest BCUT2D eigenvalue weighted by atomic mass is 10.2. The first-order valence-electron chi connectivity index (χ1n) is 7.49. The van der Waals surface area contributed by atoms with Gasteiger partial charge in [0, 0.05) is 13.0 Å². The minimum atomic E-state index is -0.470. The van der Waals surface area contributed by atoms with Gasteiger partial charge in [0.2, 0.25) is 5.91 Å². The van der Waals surface area contributed by atoms with E-state index in [0.29, 0.717) is 34.1 Å². The zero-order valence-corrected chi connectivity index (χ0v) is 13.9. The number of rotatable bonds is 4. The second kappa shape index (κ2) is 6.84. The van der Waals surface area contributed by atoms with Crippen LogP contribution in [0.1, 0.15) is 32.2 Å². The van der Waals surface area contributed by atoms with E-state index < -0.39 is 5.97 Å². The van der Waals surface area contributed by atoms with Crippen LogP contribution in [-0.2, 0) is 9.53 Å². The summed E-state index contributed by atoms with van der Waals surface area (Å²) in [6.07, 6.45) is 1.34. The van der Waals surface area contributed by atoms with E-state index in [-0.39, 0.29) is 11.8 Å². The molecule has 2 amide bonds. The van der Waals surface area contributed by atoms with Gasteiger partial charge in [-0.05, 0) is 30.7 Å². The molecule has 1 N–H and O–H groups in total. The molecule has 0 unspecified atom stereocenters. The number of benzene rings is 1. The number of anilines is 2. The van der Waals surface area contributed by atoms with Gasteiger partial charge in [-0.15, -0.1) is 11.3 Å². The van der Waals surface area contributed by atoms with Gasteiger partial charge in [0.05, 0.1) is 23.4 Å². The first-order chi connectivity index (χ1) is 11.6. The number of nitrogens with one attached hydrogen (secondary N) is 1. The lowest BCUT2D eigenvalue weighted by Gasteiger charge is -2.19. The number of carbonyl (C=O) groups is 3. The van der Waals surface area contributed by atoms with Crippen LogP contribution in [-0.4, -0.2) is 31.4 Å². The quantitative estimate of drug-likeness (QED) is 0.865. The van der Waals surface area contributed by atoms with Gasteiger partial charge in [0.25, 0.3) is 5.91 Å². The normalized spacial score (nSPS) is 13.9. The largest absolute Gasteiger partial charge is 0.465 e. The van der Waals surface area contributed by atoms with Crippen molar-refractivity contribution in [3.8, 4) is 0 Å². The highest BCUT2D eigenvalue weighted by Gasteiger charge is 2.24. The molecule has 0 saturated carbocycles. The maximum atomic E-state index is 12.4. The maximum absolute atomic E-state index is 12.4. The van der Waals surface area contributed by atoms with Gasteiger partial charge in [-0.25, -0.2) is 4.79 Å². The Morgan fingerprint density at radius 2 is 1.92 bits per heavy atom. The molecule has 1 fully saturated rings. The summed E-state index contributed by atoms with van der Waals surface area (Å²) in [4.78, 5) is 38.3. The highest BCUT2D eigenvalue weighted by molar-refractivity contribution is 7.16. The second-order valence-electron chi connectivity index (χ2n) is 5.28. The monoisotopic (exact) mass is 344 g/mol. The molecule has 1 aromatic heterocycles. The van der Waals surface area contributed by atoms with Gasteiger partial charge >= 0.3 is 5.97 Å². The fraction of sp³-hybridized carbons (Fsp3) is 0.235. The highest BCUT2D eigenvalue weighted by Crippen LogP contribution is 2.30. The third kappa shape index (κ3) is 3.16. The Balaban J connectivity index is 1.81. The van der Waals surface area contributed by atoms with Crippen molar-refractivity contribution in [2.45, 2.75) is 12.8 Å². The van der Waals surface area contributed by atoms with Crippen LogP contribution >= 0.6 is 11.3 Å². The Bertz CT molecular complexity index is 799. The molecule has 124 valence electrons. The number of carbonyl (C=O) groups excluding carboxylic acids is 3. The predicted molar refractivity (Wildman–Crippen MR) is 91.6 cm³/mol. The minimum absolute atomic E-state index is 0.0563. The summed E-state index contributed by atoms with van der Waals surface area (Å²) >= 11 is 1.06. The van der Waals surface area contributed by atoms with Crippen molar-refractivity contribution in [1.82, 2.24) is 0 Å². The number of hydrogen-bond acceptors (Lipinski definition) is 5. The Morgan fingerprint density at radius 3 is 2.62 bits per heavy atom. The fourth-order valence-electron chi connectivity index (χ4n) is 2.57. The predicted octanol–water partition coefficient (Wildman–Crippen LogP) is 2.91. The molecule has 7 heteroatoms. The van der Waals surface area contributed by atoms with Crippen LogP contribution in [0.4, 0.5) is 11.4 Å². The van der Waals surface area contributed by atoms with Crippen LogP contribution in [0.3, 0.4) is 0 Å². The molecule has 1 aliphatic rings. The number of esters is 1. The number of nitrogens with zero attached hydrogens (tertiary/aromatic N) is 1. The van der Waals surface area contributed by atoms with Crippen molar-refractivity contribution in [1.29, 1.82) is 0 Å². The maximum Gasteiger partial charge on any atom is 0.348 e. The summed E-state index contributed by atoms with van der Waals surface area (Å²) in [6, 6.07) is 10.3. The number of thiophene rings is 1. The van der Waals surface area contributed by atoms with Crippen molar-refractivity contribution in [2.75, 3.05) is 23.9 Å². The minimum Gasteiger partial charge on any atom is -0.465 e. The standard InChI is InChI=1S/C17H16N2O4S/c1-23-17(22)14-9-8-13(24-14)16(21)18-11-5-2-3-6-12(11)19-10-4-7-15(19)20/h2-3,5-6,8-9H,4,7,10H2,1H3,(H,18,21). The van der Waals surface area contributed by atoms with E-state index in [4.69, 9.17) is 0 Å². The molecule has 1 saturated heterocycles. The smallest absolute Gasteiger partial charge is 0.348 e. The average molecular weight is 344 g/mol. The van der Waals surface area contributed by atoms with Gasteiger partial charge in [-0.1, -0.05) is 12.1 Å². The Labute approximate surface area is 143 Å². The van der Waals surface area contributed by atoms with Crippen LogP contribution in [0.25, 0.3) is 0 Å². The number of hydrogen-bond donors (Lipinski definition) is 1. The van der Waals surface area contributed by atoms with Crippen molar-refractivity contribution in [3.63, 3.8) is 0 Å². The van der Waals surface area contributed by atoms with Crippen molar-refractivity contribution in [2.24, 2.45) is 0 Å². The summed E-state index contributed by atoms with van der Waals surface area (Å²) in [5.41, 5.74) is 1.27. The SMILES string of the molecule is COC(=O)c1ccc(C(=O)Nc2ccccc2N2CCCC2=O)s1. The molecule has 0 bridgehead atoms. The fourth-order valence-corrected chi connectivity index (χ4v) is 3.39. The molecular weight excluding hydrogens is 328 g/mol. The molecule has 0 radical (unpaired) electrons. The Morgan fingerprint density at radius 1 is 1.17 bits per heavy atom.